The Morgan fingerprint density at radius 3 is 2.49 bits per heavy atom. The lowest BCUT2D eigenvalue weighted by molar-refractivity contribution is -0.0354. The maximum absolute atomic E-state index is 12.2. The van der Waals surface area contributed by atoms with Gasteiger partial charge in [-0.05, 0) is 56.7 Å². The third kappa shape index (κ3) is 7.67. The summed E-state index contributed by atoms with van der Waals surface area (Å²) in [6.07, 6.45) is 5.65. The van der Waals surface area contributed by atoms with Gasteiger partial charge in [0.1, 0.15) is 36.5 Å². The Morgan fingerprint density at radius 1 is 1.02 bits per heavy atom. The Labute approximate surface area is 241 Å². The number of urea groups is 1. The second-order valence-electron chi connectivity index (χ2n) is 10.5. The van der Waals surface area contributed by atoms with Gasteiger partial charge in [0.25, 0.3) is 0 Å². The molecule has 2 heterocycles. The molecule has 1 fully saturated rings. The summed E-state index contributed by atoms with van der Waals surface area (Å²) in [5.74, 6) is 1.61. The van der Waals surface area contributed by atoms with Crippen LogP contribution in [0.3, 0.4) is 0 Å². The number of amides is 2. The van der Waals surface area contributed by atoms with Crippen LogP contribution in [0, 0.1) is 13.8 Å². The van der Waals surface area contributed by atoms with E-state index in [1.54, 1.807) is 6.33 Å². The summed E-state index contributed by atoms with van der Waals surface area (Å²) < 4.78 is 21.0. The number of carbonyl (C=O) groups excluding carboxylic acids is 1. The van der Waals surface area contributed by atoms with E-state index >= 15 is 0 Å². The normalized spacial score (nSPS) is 18.2. The van der Waals surface area contributed by atoms with Crippen molar-refractivity contribution in [2.24, 2.45) is 0 Å². The van der Waals surface area contributed by atoms with Gasteiger partial charge in [-0.3, -0.25) is 0 Å². The van der Waals surface area contributed by atoms with Crippen LogP contribution in [0.1, 0.15) is 43.5 Å². The Morgan fingerprint density at radius 2 is 1.76 bits per heavy atom. The standard InChI is InChI=1S/C33H38N4O4/c1-4-5-17-34-33(38)36-26-8-6-7-25(18-26)29-20-37(22-35-29)32-19-30(40-28-15-11-24(3)12-16-28)31(41-32)21-39-27-13-9-23(2)10-14-27/h6-16,18,20,22,30-32H,4-5,17,19,21H2,1-3H3,(H2,34,36,38)/t30-,31+,32-/m0/s1. The number of hydrogen-bond acceptors (Lipinski definition) is 5. The first-order chi connectivity index (χ1) is 20.0. The van der Waals surface area contributed by atoms with Crippen LogP contribution in [0.25, 0.3) is 11.3 Å². The first-order valence-corrected chi connectivity index (χ1v) is 14.2. The molecule has 0 spiro atoms. The lowest BCUT2D eigenvalue weighted by Crippen LogP contribution is -2.32. The van der Waals surface area contributed by atoms with Crippen molar-refractivity contribution in [1.29, 1.82) is 0 Å². The molecule has 1 aliphatic heterocycles. The maximum atomic E-state index is 12.2. The highest BCUT2D eigenvalue weighted by atomic mass is 16.6. The monoisotopic (exact) mass is 554 g/mol. The molecule has 1 saturated heterocycles. The van der Waals surface area contributed by atoms with Crippen molar-refractivity contribution in [3.8, 4) is 22.8 Å². The largest absolute Gasteiger partial charge is 0.491 e. The van der Waals surface area contributed by atoms with E-state index in [1.807, 2.05) is 83.6 Å². The molecule has 0 unspecified atom stereocenters. The number of anilines is 1. The van der Waals surface area contributed by atoms with Crippen LogP contribution in [-0.4, -0.2) is 40.9 Å². The first kappa shape index (κ1) is 28.2. The minimum Gasteiger partial charge on any atom is -0.491 e. The van der Waals surface area contributed by atoms with Gasteiger partial charge in [0.2, 0.25) is 0 Å². The van der Waals surface area contributed by atoms with Crippen molar-refractivity contribution in [2.45, 2.75) is 58.5 Å². The van der Waals surface area contributed by atoms with Crippen LogP contribution in [0.5, 0.6) is 11.5 Å². The van der Waals surface area contributed by atoms with Gasteiger partial charge >= 0.3 is 6.03 Å². The number of carbonyl (C=O) groups is 1. The molecular formula is C33H38N4O4. The summed E-state index contributed by atoms with van der Waals surface area (Å²) in [5, 5.41) is 5.78. The molecule has 1 aliphatic rings. The fourth-order valence-corrected chi connectivity index (χ4v) is 4.72. The number of aromatic nitrogens is 2. The summed E-state index contributed by atoms with van der Waals surface area (Å²) in [5.41, 5.74) is 4.77. The van der Waals surface area contributed by atoms with Gasteiger partial charge in [-0.2, -0.15) is 0 Å². The second-order valence-corrected chi connectivity index (χ2v) is 10.5. The molecule has 8 nitrogen and oxygen atoms in total. The fraction of sp³-hybridized carbons (Fsp3) is 0.333. The molecule has 2 N–H and O–H groups in total. The van der Waals surface area contributed by atoms with Gasteiger partial charge < -0.3 is 29.4 Å². The van der Waals surface area contributed by atoms with Crippen LogP contribution in [0.2, 0.25) is 0 Å². The summed E-state index contributed by atoms with van der Waals surface area (Å²) in [6, 6.07) is 23.5. The summed E-state index contributed by atoms with van der Waals surface area (Å²) >= 11 is 0. The fourth-order valence-electron chi connectivity index (χ4n) is 4.72. The third-order valence-electron chi connectivity index (χ3n) is 7.09. The van der Waals surface area contributed by atoms with Crippen molar-refractivity contribution < 1.29 is 19.0 Å². The number of unbranched alkanes of at least 4 members (excludes halogenated alkanes) is 1. The lowest BCUT2D eigenvalue weighted by atomic mass is 10.1. The van der Waals surface area contributed by atoms with Crippen LogP contribution in [0.15, 0.2) is 85.3 Å². The van der Waals surface area contributed by atoms with Gasteiger partial charge in [-0.1, -0.05) is 60.9 Å². The molecule has 2 amide bonds. The SMILES string of the molecule is CCCCNC(=O)Nc1cccc(-c2cn([C@@H]3C[C@H](Oc4ccc(C)cc4)[C@@H](COc4ccc(C)cc4)O3)cn2)c1. The highest BCUT2D eigenvalue weighted by Gasteiger charge is 2.38. The molecule has 5 rings (SSSR count). The van der Waals surface area contributed by atoms with E-state index in [0.717, 1.165) is 35.6 Å². The molecule has 0 aliphatic carbocycles. The average Bonchev–Trinajstić information content (AvgIpc) is 3.62. The predicted molar refractivity (Wildman–Crippen MR) is 160 cm³/mol. The summed E-state index contributed by atoms with van der Waals surface area (Å²) in [7, 11) is 0. The molecular weight excluding hydrogens is 516 g/mol. The molecule has 8 heteroatoms. The summed E-state index contributed by atoms with van der Waals surface area (Å²) in [4.78, 5) is 16.8. The third-order valence-corrected chi connectivity index (χ3v) is 7.09. The first-order valence-electron chi connectivity index (χ1n) is 14.2. The number of rotatable bonds is 11. The second kappa shape index (κ2) is 13.4. The van der Waals surface area contributed by atoms with E-state index in [-0.39, 0.29) is 24.5 Å². The molecule has 0 saturated carbocycles. The molecule has 41 heavy (non-hydrogen) atoms. The van der Waals surface area contributed by atoms with Gasteiger partial charge in [-0.25, -0.2) is 9.78 Å². The number of hydrogen-bond donors (Lipinski definition) is 2. The van der Waals surface area contributed by atoms with Gasteiger partial charge in [0.05, 0.1) is 12.0 Å². The number of imidazole rings is 1. The predicted octanol–water partition coefficient (Wildman–Crippen LogP) is 6.90. The smallest absolute Gasteiger partial charge is 0.319 e. The number of nitrogens with one attached hydrogen (secondary N) is 2. The highest BCUT2D eigenvalue weighted by Crippen LogP contribution is 2.34. The zero-order chi connectivity index (χ0) is 28.6. The van der Waals surface area contributed by atoms with Crippen molar-refractivity contribution in [1.82, 2.24) is 14.9 Å². The molecule has 3 atom stereocenters. The van der Waals surface area contributed by atoms with E-state index in [4.69, 9.17) is 14.2 Å². The zero-order valence-corrected chi connectivity index (χ0v) is 23.9. The number of aryl methyl sites for hydroxylation is 2. The van der Waals surface area contributed by atoms with Gasteiger partial charge in [0, 0.05) is 30.4 Å². The average molecular weight is 555 g/mol. The molecule has 0 radical (unpaired) electrons. The van der Waals surface area contributed by atoms with E-state index in [0.29, 0.717) is 25.3 Å². The Hall–Kier alpha value is -4.30. The molecule has 3 aromatic carbocycles. The Bertz CT molecular complexity index is 1420. The van der Waals surface area contributed by atoms with Crippen molar-refractivity contribution in [3.63, 3.8) is 0 Å². The quantitative estimate of drug-likeness (QED) is 0.197. The topological polar surface area (TPSA) is 86.6 Å². The van der Waals surface area contributed by atoms with Gasteiger partial charge in [0.15, 0.2) is 0 Å². The Kier molecular flexibility index (Phi) is 9.21. The van der Waals surface area contributed by atoms with Crippen LogP contribution < -0.4 is 20.1 Å². The maximum Gasteiger partial charge on any atom is 0.319 e. The molecule has 1 aromatic heterocycles. The lowest BCUT2D eigenvalue weighted by Gasteiger charge is -2.20. The van der Waals surface area contributed by atoms with Crippen LogP contribution in [-0.2, 0) is 4.74 Å². The molecule has 214 valence electrons. The van der Waals surface area contributed by atoms with Crippen LogP contribution >= 0.6 is 0 Å². The number of benzene rings is 3. The molecule has 4 aromatic rings. The van der Waals surface area contributed by atoms with E-state index in [2.05, 4.69) is 36.4 Å². The van der Waals surface area contributed by atoms with Gasteiger partial charge in [-0.15, -0.1) is 0 Å². The Balaban J connectivity index is 1.27. The zero-order valence-electron chi connectivity index (χ0n) is 23.9. The van der Waals surface area contributed by atoms with E-state index in [1.165, 1.54) is 11.1 Å². The molecule has 0 bridgehead atoms. The van der Waals surface area contributed by atoms with Crippen molar-refractivity contribution in [3.05, 3.63) is 96.4 Å². The summed E-state index contributed by atoms with van der Waals surface area (Å²) in [6.45, 7) is 7.22. The minimum absolute atomic E-state index is 0.197. The number of ether oxygens (including phenoxy) is 3. The minimum atomic E-state index is -0.271. The van der Waals surface area contributed by atoms with E-state index in [9.17, 15) is 4.79 Å². The van der Waals surface area contributed by atoms with Crippen LogP contribution in [0.4, 0.5) is 10.5 Å². The van der Waals surface area contributed by atoms with Crippen molar-refractivity contribution in [2.75, 3.05) is 18.5 Å². The van der Waals surface area contributed by atoms with Crippen molar-refractivity contribution >= 4 is 11.7 Å². The van der Waals surface area contributed by atoms with E-state index < -0.39 is 0 Å². The highest BCUT2D eigenvalue weighted by molar-refractivity contribution is 5.90. The number of nitrogens with zero attached hydrogens (tertiary/aromatic N) is 2.